The minimum absolute atomic E-state index is 0.265. The van der Waals surface area contributed by atoms with Crippen molar-refractivity contribution in [2.24, 2.45) is 0 Å². The van der Waals surface area contributed by atoms with Gasteiger partial charge >= 0.3 is 0 Å². The van der Waals surface area contributed by atoms with E-state index in [1.54, 1.807) is 36.2 Å². The van der Waals surface area contributed by atoms with Gasteiger partial charge in [0.2, 0.25) is 0 Å². The van der Waals surface area contributed by atoms with Gasteiger partial charge in [-0.25, -0.2) is 19.0 Å². The summed E-state index contributed by atoms with van der Waals surface area (Å²) in [4.78, 5) is 20.7. The maximum atomic E-state index is 13.4. The van der Waals surface area contributed by atoms with Gasteiger partial charge in [-0.1, -0.05) is 12.1 Å². The first-order valence-corrected chi connectivity index (χ1v) is 11.6. The minimum Gasteiger partial charge on any atom is -0.497 e. The molecule has 0 spiro atoms. The number of ether oxygens (including phenoxy) is 2. The Morgan fingerprint density at radius 2 is 1.86 bits per heavy atom. The van der Waals surface area contributed by atoms with Crippen molar-refractivity contribution in [2.75, 3.05) is 7.11 Å². The molecular weight excluding hydrogens is 473 g/mol. The zero-order chi connectivity index (χ0) is 25.8. The standard InChI is InChI=1S/C28H24FN5O3/c1-18(33-28(35)25-12-13-30-17-31-25)27(19-4-3-5-23(14-19)36-2)37-24-10-11-26-20(15-24)16-32-34(26)22-8-6-21(29)7-9-22/h3-18,27H,1-2H3,(H,33,35)/t18-,27+/m0/s1. The van der Waals surface area contributed by atoms with Crippen LogP contribution in [0.3, 0.4) is 0 Å². The lowest BCUT2D eigenvalue weighted by Gasteiger charge is -2.27. The van der Waals surface area contributed by atoms with E-state index in [4.69, 9.17) is 9.47 Å². The predicted octanol–water partition coefficient (Wildman–Crippen LogP) is 4.90. The Kier molecular flexibility index (Phi) is 6.76. The van der Waals surface area contributed by atoms with Gasteiger partial charge in [-0.3, -0.25) is 4.79 Å². The highest BCUT2D eigenvalue weighted by Crippen LogP contribution is 2.30. The number of carbonyl (C=O) groups excluding carboxylic acids is 1. The van der Waals surface area contributed by atoms with E-state index in [2.05, 4.69) is 20.4 Å². The first-order chi connectivity index (χ1) is 18.0. The van der Waals surface area contributed by atoms with Gasteiger partial charge in [0.1, 0.15) is 35.4 Å². The first-order valence-electron chi connectivity index (χ1n) is 11.6. The van der Waals surface area contributed by atoms with Crippen molar-refractivity contribution in [3.05, 3.63) is 109 Å². The van der Waals surface area contributed by atoms with Crippen molar-refractivity contribution in [3.63, 3.8) is 0 Å². The van der Waals surface area contributed by atoms with Crippen LogP contribution < -0.4 is 14.8 Å². The van der Waals surface area contributed by atoms with Crippen LogP contribution >= 0.6 is 0 Å². The molecule has 1 amide bonds. The minimum atomic E-state index is -0.537. The third-order valence-corrected chi connectivity index (χ3v) is 5.92. The van der Waals surface area contributed by atoms with Crippen molar-refractivity contribution in [2.45, 2.75) is 19.1 Å². The van der Waals surface area contributed by atoms with Crippen LogP contribution in [0.2, 0.25) is 0 Å². The van der Waals surface area contributed by atoms with Crippen molar-refractivity contribution in [3.8, 4) is 17.2 Å². The highest BCUT2D eigenvalue weighted by atomic mass is 19.1. The Bertz CT molecular complexity index is 1520. The lowest BCUT2D eigenvalue weighted by molar-refractivity contribution is 0.0876. The molecule has 8 nitrogen and oxygen atoms in total. The maximum absolute atomic E-state index is 13.4. The molecule has 9 heteroatoms. The molecular formula is C28H24FN5O3. The Labute approximate surface area is 212 Å². The topological polar surface area (TPSA) is 91.2 Å². The van der Waals surface area contributed by atoms with Crippen molar-refractivity contribution >= 4 is 16.8 Å². The van der Waals surface area contributed by atoms with Crippen molar-refractivity contribution in [1.82, 2.24) is 25.1 Å². The van der Waals surface area contributed by atoms with E-state index in [1.807, 2.05) is 49.4 Å². The normalized spacial score (nSPS) is 12.6. The van der Waals surface area contributed by atoms with E-state index in [9.17, 15) is 9.18 Å². The van der Waals surface area contributed by atoms with E-state index >= 15 is 0 Å². The van der Waals surface area contributed by atoms with Gasteiger partial charge in [-0.15, -0.1) is 0 Å². The number of fused-ring (bicyclic) bond motifs is 1. The second-order valence-electron chi connectivity index (χ2n) is 8.43. The van der Waals surface area contributed by atoms with Gasteiger partial charge in [0.15, 0.2) is 0 Å². The molecule has 37 heavy (non-hydrogen) atoms. The third-order valence-electron chi connectivity index (χ3n) is 5.92. The number of aromatic nitrogens is 4. The van der Waals surface area contributed by atoms with Crippen LogP contribution in [0.1, 0.15) is 29.1 Å². The lowest BCUT2D eigenvalue weighted by atomic mass is 10.0. The van der Waals surface area contributed by atoms with E-state index in [0.717, 1.165) is 22.2 Å². The van der Waals surface area contributed by atoms with Crippen molar-refractivity contribution in [1.29, 1.82) is 0 Å². The molecule has 5 rings (SSSR count). The largest absolute Gasteiger partial charge is 0.497 e. The van der Waals surface area contributed by atoms with Crippen LogP contribution in [0.25, 0.3) is 16.6 Å². The summed E-state index contributed by atoms with van der Waals surface area (Å²) in [5, 5.41) is 8.29. The Hall–Kier alpha value is -4.79. The van der Waals surface area contributed by atoms with E-state index in [0.29, 0.717) is 11.5 Å². The van der Waals surface area contributed by atoms with Gasteiger partial charge < -0.3 is 14.8 Å². The number of amides is 1. The molecule has 0 bridgehead atoms. The highest BCUT2D eigenvalue weighted by Gasteiger charge is 2.25. The number of rotatable bonds is 8. The summed E-state index contributed by atoms with van der Waals surface area (Å²) in [6.07, 6.45) is 4.04. The molecule has 0 saturated heterocycles. The number of benzene rings is 3. The fourth-order valence-corrected chi connectivity index (χ4v) is 4.08. The van der Waals surface area contributed by atoms with Gasteiger partial charge in [0.25, 0.3) is 5.91 Å². The quantitative estimate of drug-likeness (QED) is 0.328. The molecule has 0 aliphatic carbocycles. The SMILES string of the molecule is COc1cccc([C@H](Oc2ccc3c(cnn3-c3ccc(F)cc3)c2)[C@H](C)NC(=O)c2ccncn2)c1. The molecule has 5 aromatic rings. The van der Waals surface area contributed by atoms with Crippen LogP contribution in [-0.4, -0.2) is 38.8 Å². The Balaban J connectivity index is 1.44. The summed E-state index contributed by atoms with van der Waals surface area (Å²) in [7, 11) is 1.60. The summed E-state index contributed by atoms with van der Waals surface area (Å²) in [5.74, 6) is 0.640. The van der Waals surface area contributed by atoms with E-state index < -0.39 is 12.1 Å². The molecule has 0 unspecified atom stereocenters. The molecule has 0 radical (unpaired) electrons. The lowest BCUT2D eigenvalue weighted by Crippen LogP contribution is -2.39. The molecule has 3 aromatic carbocycles. The smallest absolute Gasteiger partial charge is 0.270 e. The van der Waals surface area contributed by atoms with Crippen LogP contribution in [0.5, 0.6) is 11.5 Å². The maximum Gasteiger partial charge on any atom is 0.270 e. The second-order valence-corrected chi connectivity index (χ2v) is 8.43. The Morgan fingerprint density at radius 3 is 2.62 bits per heavy atom. The number of hydrogen-bond acceptors (Lipinski definition) is 6. The van der Waals surface area contributed by atoms with Gasteiger partial charge in [0.05, 0.1) is 30.6 Å². The average Bonchev–Trinajstić information content (AvgIpc) is 3.36. The third kappa shape index (κ3) is 5.25. The number of methoxy groups -OCH3 is 1. The summed E-state index contributed by atoms with van der Waals surface area (Å²) in [6.45, 7) is 1.87. The molecule has 186 valence electrons. The molecule has 0 aliphatic heterocycles. The highest BCUT2D eigenvalue weighted by molar-refractivity contribution is 5.92. The average molecular weight is 498 g/mol. The second kappa shape index (κ2) is 10.4. The number of nitrogens with zero attached hydrogens (tertiary/aromatic N) is 4. The first kappa shape index (κ1) is 23.9. The molecule has 2 aromatic heterocycles. The number of carbonyl (C=O) groups is 1. The Morgan fingerprint density at radius 1 is 1.03 bits per heavy atom. The van der Waals surface area contributed by atoms with Crippen LogP contribution in [0.4, 0.5) is 4.39 Å². The van der Waals surface area contributed by atoms with Crippen LogP contribution in [-0.2, 0) is 0 Å². The van der Waals surface area contributed by atoms with E-state index in [1.165, 1.54) is 24.7 Å². The summed E-state index contributed by atoms with van der Waals surface area (Å²) in [5.41, 5.74) is 2.69. The number of halogens is 1. The van der Waals surface area contributed by atoms with Gasteiger partial charge in [0, 0.05) is 11.6 Å². The zero-order valence-corrected chi connectivity index (χ0v) is 20.2. The summed E-state index contributed by atoms with van der Waals surface area (Å²) >= 11 is 0. The summed E-state index contributed by atoms with van der Waals surface area (Å²) in [6, 6.07) is 20.4. The van der Waals surface area contributed by atoms with Gasteiger partial charge in [-0.05, 0) is 73.2 Å². The molecule has 0 saturated carbocycles. The summed E-state index contributed by atoms with van der Waals surface area (Å²) < 4.78 is 26.9. The number of nitrogens with one attached hydrogen (secondary N) is 1. The monoisotopic (exact) mass is 497 g/mol. The molecule has 2 heterocycles. The van der Waals surface area contributed by atoms with Crippen LogP contribution in [0, 0.1) is 5.82 Å². The molecule has 0 fully saturated rings. The number of hydrogen-bond donors (Lipinski definition) is 1. The molecule has 1 N–H and O–H groups in total. The van der Waals surface area contributed by atoms with Crippen molar-refractivity contribution < 1.29 is 18.7 Å². The molecule has 0 aliphatic rings. The van der Waals surface area contributed by atoms with E-state index in [-0.39, 0.29) is 17.4 Å². The zero-order valence-electron chi connectivity index (χ0n) is 20.2. The fraction of sp³-hybridized carbons (Fsp3) is 0.143. The van der Waals surface area contributed by atoms with Gasteiger partial charge in [-0.2, -0.15) is 5.10 Å². The van der Waals surface area contributed by atoms with Crippen LogP contribution in [0.15, 0.2) is 91.5 Å². The molecule has 2 atom stereocenters. The predicted molar refractivity (Wildman–Crippen MR) is 136 cm³/mol. The fourth-order valence-electron chi connectivity index (χ4n) is 4.08.